The lowest BCUT2D eigenvalue weighted by Gasteiger charge is -2.08. The number of nitriles is 1. The number of carbonyl (C=O) groups excluding carboxylic acids is 1. The van der Waals surface area contributed by atoms with E-state index in [0.717, 1.165) is 0 Å². The van der Waals surface area contributed by atoms with E-state index in [2.05, 4.69) is 5.32 Å². The summed E-state index contributed by atoms with van der Waals surface area (Å²) < 4.78 is 0. The van der Waals surface area contributed by atoms with E-state index >= 15 is 0 Å². The van der Waals surface area contributed by atoms with Gasteiger partial charge in [-0.2, -0.15) is 5.26 Å². The first-order valence-corrected chi connectivity index (χ1v) is 4.92. The molecular formula is C11H11N3O3. The van der Waals surface area contributed by atoms with Gasteiger partial charge in [-0.05, 0) is 19.9 Å². The summed E-state index contributed by atoms with van der Waals surface area (Å²) in [5.74, 6) is -0.486. The third-order valence-corrected chi connectivity index (χ3v) is 2.29. The third kappa shape index (κ3) is 2.78. The lowest BCUT2D eigenvalue weighted by atomic mass is 10.1. The predicted octanol–water partition coefficient (Wildman–Crippen LogP) is 1.55. The Bertz CT molecular complexity index is 505. The van der Waals surface area contributed by atoms with Crippen LogP contribution in [0.3, 0.4) is 0 Å². The number of nitrogens with one attached hydrogen (secondary N) is 1. The van der Waals surface area contributed by atoms with Crippen LogP contribution in [0.4, 0.5) is 5.69 Å². The van der Waals surface area contributed by atoms with E-state index in [1.54, 1.807) is 0 Å². The van der Waals surface area contributed by atoms with Gasteiger partial charge in [-0.25, -0.2) is 0 Å². The fourth-order valence-electron chi connectivity index (χ4n) is 1.37. The molecule has 88 valence electrons. The molecule has 1 amide bonds. The van der Waals surface area contributed by atoms with Gasteiger partial charge in [-0.1, -0.05) is 6.07 Å². The minimum atomic E-state index is -0.638. The van der Waals surface area contributed by atoms with Gasteiger partial charge in [-0.15, -0.1) is 0 Å². The van der Waals surface area contributed by atoms with Gasteiger partial charge in [0.2, 0.25) is 0 Å². The molecule has 17 heavy (non-hydrogen) atoms. The minimum absolute atomic E-state index is 0.109. The maximum atomic E-state index is 11.7. The molecule has 0 aliphatic carbocycles. The van der Waals surface area contributed by atoms with Crippen molar-refractivity contribution in [3.63, 3.8) is 0 Å². The Balaban J connectivity index is 3.08. The Morgan fingerprint density at radius 2 is 2.24 bits per heavy atom. The zero-order chi connectivity index (χ0) is 13.0. The average Bonchev–Trinajstić information content (AvgIpc) is 2.28. The number of carbonyl (C=O) groups is 1. The average molecular weight is 233 g/mol. The lowest BCUT2D eigenvalue weighted by Crippen LogP contribution is -2.31. The number of rotatable bonds is 3. The van der Waals surface area contributed by atoms with Crippen molar-refractivity contribution in [2.45, 2.75) is 19.9 Å². The van der Waals surface area contributed by atoms with Gasteiger partial charge < -0.3 is 5.32 Å². The van der Waals surface area contributed by atoms with Crippen LogP contribution in [0.1, 0.15) is 22.8 Å². The Morgan fingerprint density at radius 1 is 1.59 bits per heavy atom. The molecule has 0 aliphatic heterocycles. The molecule has 1 unspecified atom stereocenters. The van der Waals surface area contributed by atoms with E-state index in [1.807, 2.05) is 6.07 Å². The number of hydrogen-bond acceptors (Lipinski definition) is 4. The van der Waals surface area contributed by atoms with Crippen LogP contribution in [0.5, 0.6) is 0 Å². The van der Waals surface area contributed by atoms with Crippen LogP contribution in [0.15, 0.2) is 18.2 Å². The fourth-order valence-corrected chi connectivity index (χ4v) is 1.37. The molecule has 1 aromatic rings. The summed E-state index contributed by atoms with van der Waals surface area (Å²) >= 11 is 0. The molecule has 0 bridgehead atoms. The summed E-state index contributed by atoms with van der Waals surface area (Å²) in [6.07, 6.45) is 0. The number of amides is 1. The highest BCUT2D eigenvalue weighted by Gasteiger charge is 2.18. The second kappa shape index (κ2) is 5.07. The Hall–Kier alpha value is -2.42. The van der Waals surface area contributed by atoms with Crippen molar-refractivity contribution in [3.05, 3.63) is 39.4 Å². The largest absolute Gasteiger partial charge is 0.337 e. The number of nitro benzene ring substituents is 1. The summed E-state index contributed by atoms with van der Waals surface area (Å²) in [5, 5.41) is 21.7. The highest BCUT2D eigenvalue weighted by atomic mass is 16.6. The van der Waals surface area contributed by atoms with Crippen LogP contribution in [0.2, 0.25) is 0 Å². The van der Waals surface area contributed by atoms with Crippen molar-refractivity contribution in [1.82, 2.24) is 5.32 Å². The van der Waals surface area contributed by atoms with Crippen molar-refractivity contribution in [2.24, 2.45) is 0 Å². The lowest BCUT2D eigenvalue weighted by molar-refractivity contribution is -0.385. The molecule has 1 N–H and O–H groups in total. The summed E-state index contributed by atoms with van der Waals surface area (Å²) in [6, 6.07) is 5.48. The van der Waals surface area contributed by atoms with Crippen molar-refractivity contribution in [2.75, 3.05) is 0 Å². The molecule has 0 radical (unpaired) electrons. The van der Waals surface area contributed by atoms with Crippen molar-refractivity contribution >= 4 is 11.6 Å². The van der Waals surface area contributed by atoms with Gasteiger partial charge in [0.25, 0.3) is 11.6 Å². The van der Waals surface area contributed by atoms with Crippen molar-refractivity contribution in [1.29, 1.82) is 5.26 Å². The van der Waals surface area contributed by atoms with Gasteiger partial charge in [0, 0.05) is 17.2 Å². The Kier molecular flexibility index (Phi) is 3.78. The van der Waals surface area contributed by atoms with E-state index in [1.165, 1.54) is 32.0 Å². The molecule has 1 aromatic carbocycles. The van der Waals surface area contributed by atoms with Gasteiger partial charge >= 0.3 is 0 Å². The van der Waals surface area contributed by atoms with Gasteiger partial charge in [0.15, 0.2) is 0 Å². The van der Waals surface area contributed by atoms with Crippen LogP contribution in [-0.2, 0) is 0 Å². The van der Waals surface area contributed by atoms with Crippen LogP contribution >= 0.6 is 0 Å². The highest BCUT2D eigenvalue weighted by Crippen LogP contribution is 2.20. The number of hydrogen-bond donors (Lipinski definition) is 1. The molecule has 0 spiro atoms. The summed E-state index contributed by atoms with van der Waals surface area (Å²) in [5.41, 5.74) is 0.392. The van der Waals surface area contributed by atoms with E-state index < -0.39 is 16.9 Å². The molecule has 6 nitrogen and oxygen atoms in total. The maximum Gasteiger partial charge on any atom is 0.273 e. The molecule has 0 saturated heterocycles. The van der Waals surface area contributed by atoms with E-state index in [0.29, 0.717) is 5.56 Å². The molecule has 0 aromatic heterocycles. The number of benzene rings is 1. The molecule has 0 saturated carbocycles. The molecule has 0 heterocycles. The smallest absolute Gasteiger partial charge is 0.273 e. The zero-order valence-electron chi connectivity index (χ0n) is 9.43. The molecule has 1 rings (SSSR count). The SMILES string of the molecule is Cc1c(C(=O)NC(C)C#N)cccc1[N+](=O)[O-]. The number of nitrogens with zero attached hydrogens (tertiary/aromatic N) is 2. The van der Waals surface area contributed by atoms with Crippen molar-refractivity contribution < 1.29 is 9.72 Å². The second-order valence-corrected chi connectivity index (χ2v) is 3.53. The second-order valence-electron chi connectivity index (χ2n) is 3.53. The molecule has 0 aliphatic rings. The quantitative estimate of drug-likeness (QED) is 0.632. The number of nitro groups is 1. The normalized spacial score (nSPS) is 11.4. The van der Waals surface area contributed by atoms with Crippen LogP contribution in [-0.4, -0.2) is 16.9 Å². The predicted molar refractivity (Wildman–Crippen MR) is 60.4 cm³/mol. The molecule has 6 heteroatoms. The first-order valence-electron chi connectivity index (χ1n) is 4.92. The molecule has 0 fully saturated rings. The minimum Gasteiger partial charge on any atom is -0.337 e. The third-order valence-electron chi connectivity index (χ3n) is 2.29. The Morgan fingerprint density at radius 3 is 2.76 bits per heavy atom. The monoisotopic (exact) mass is 233 g/mol. The van der Waals surface area contributed by atoms with Crippen molar-refractivity contribution in [3.8, 4) is 6.07 Å². The van der Waals surface area contributed by atoms with E-state index in [9.17, 15) is 14.9 Å². The molecular weight excluding hydrogens is 222 g/mol. The fraction of sp³-hybridized carbons (Fsp3) is 0.273. The first-order chi connectivity index (χ1) is 7.97. The van der Waals surface area contributed by atoms with Crippen LogP contribution in [0, 0.1) is 28.4 Å². The van der Waals surface area contributed by atoms with Gasteiger partial charge in [0.05, 0.1) is 11.0 Å². The zero-order valence-corrected chi connectivity index (χ0v) is 9.43. The maximum absolute atomic E-state index is 11.7. The van der Waals surface area contributed by atoms with Crippen LogP contribution in [0.25, 0.3) is 0 Å². The molecule has 1 atom stereocenters. The summed E-state index contributed by atoms with van der Waals surface area (Å²) in [4.78, 5) is 21.9. The first kappa shape index (κ1) is 12.6. The summed E-state index contributed by atoms with van der Waals surface area (Å²) in [6.45, 7) is 3.04. The van der Waals surface area contributed by atoms with E-state index in [-0.39, 0.29) is 11.3 Å². The van der Waals surface area contributed by atoms with Gasteiger partial charge in [-0.3, -0.25) is 14.9 Å². The van der Waals surface area contributed by atoms with Crippen LogP contribution < -0.4 is 5.32 Å². The van der Waals surface area contributed by atoms with Gasteiger partial charge in [0.1, 0.15) is 6.04 Å². The topological polar surface area (TPSA) is 96.0 Å². The highest BCUT2D eigenvalue weighted by molar-refractivity contribution is 5.96. The van der Waals surface area contributed by atoms with E-state index in [4.69, 9.17) is 5.26 Å². The Labute approximate surface area is 98.0 Å². The standard InChI is InChI=1S/C11H11N3O3/c1-7(6-12)13-11(15)9-4-3-5-10(8(9)2)14(16)17/h3-5,7H,1-2H3,(H,13,15). The summed E-state index contributed by atoms with van der Waals surface area (Å²) in [7, 11) is 0.